The van der Waals surface area contributed by atoms with Crippen LogP contribution in [-0.4, -0.2) is 69.9 Å². The van der Waals surface area contributed by atoms with E-state index in [4.69, 9.17) is 5.73 Å². The zero-order valence-electron chi connectivity index (χ0n) is 16.6. The van der Waals surface area contributed by atoms with Gasteiger partial charge in [-0.1, -0.05) is 11.2 Å². The molecule has 2 aromatic rings. The Balaban J connectivity index is 0.00000363. The van der Waals surface area contributed by atoms with Crippen LogP contribution in [0.15, 0.2) is 34.9 Å². The van der Waals surface area contributed by atoms with Crippen molar-refractivity contribution < 1.29 is 83.6 Å². The van der Waals surface area contributed by atoms with Gasteiger partial charge in [0, 0.05) is 11.6 Å². The molecule has 17 heteroatoms. The van der Waals surface area contributed by atoms with Crippen molar-refractivity contribution in [2.45, 2.75) is 12.1 Å². The first-order valence-corrected chi connectivity index (χ1v) is 10.5. The largest absolute Gasteiger partial charge is 1.00 e. The first-order valence-electron chi connectivity index (χ1n) is 8.28. The Morgan fingerprint density at radius 1 is 1.38 bits per heavy atom. The van der Waals surface area contributed by atoms with Crippen LogP contribution in [0.25, 0.3) is 0 Å². The number of oxime groups is 1. The number of nitrogens with two attached hydrogens (primary N) is 1. The van der Waals surface area contributed by atoms with Gasteiger partial charge >= 0.3 is 51.4 Å². The van der Waals surface area contributed by atoms with Gasteiger partial charge in [-0.3, -0.25) is 14.4 Å². The summed E-state index contributed by atoms with van der Waals surface area (Å²) in [5.41, 5.74) is 5.18. The molecule has 0 saturated carbocycles. The average molecular weight is 508 g/mol. The molecule has 1 saturated heterocycles. The molecule has 14 nitrogen and oxygen atoms in total. The Bertz CT molecular complexity index is 1160. The van der Waals surface area contributed by atoms with E-state index in [1.165, 1.54) is 17.6 Å². The first kappa shape index (κ1) is 26.3. The molecular weight excluding hydrogens is 493 g/mol. The van der Waals surface area contributed by atoms with Crippen molar-refractivity contribution in [3.8, 4) is 0 Å². The third-order valence-corrected chi connectivity index (χ3v) is 5.49. The number of nitrogens with one attached hydrogen (secondary N) is 2. The molecule has 0 spiro atoms. The predicted molar refractivity (Wildman–Crippen MR) is 105 cm³/mol. The van der Waals surface area contributed by atoms with Gasteiger partial charge in [0.2, 0.25) is 0 Å². The van der Waals surface area contributed by atoms with Crippen LogP contribution in [0.1, 0.15) is 5.69 Å². The number of nitrogen functional groups attached to an aromatic ring is 1. The zero-order chi connectivity index (χ0) is 22.8. The minimum absolute atomic E-state index is 0. The van der Waals surface area contributed by atoms with Gasteiger partial charge in [0.05, 0.1) is 0 Å². The summed E-state index contributed by atoms with van der Waals surface area (Å²) >= 11 is 1.01. The van der Waals surface area contributed by atoms with Gasteiger partial charge in [0.1, 0.15) is 24.7 Å². The summed E-state index contributed by atoms with van der Waals surface area (Å²) in [6.45, 7) is 0. The molecule has 1 fully saturated rings. The van der Waals surface area contributed by atoms with Gasteiger partial charge in [-0.2, -0.15) is 0 Å². The molecule has 32 heavy (non-hydrogen) atoms. The molecular formula is C15H14KN7O7S2. The molecule has 2 atom stereocenters. The van der Waals surface area contributed by atoms with Crippen molar-refractivity contribution in [3.05, 3.63) is 35.5 Å². The number of β-lactam (4-membered cyclic amide) rings is 1. The maximum absolute atomic E-state index is 12.6. The number of amides is 3. The molecule has 0 aromatic carbocycles. The minimum Gasteiger partial charge on any atom is -0.731 e. The van der Waals surface area contributed by atoms with Gasteiger partial charge < -0.3 is 25.8 Å². The standard InChI is InChI=1S/C15H15N7O7S2.K/c1-29-21-9(7-6-30-15(16)18-7)12(23)20-10-11(22(14(10)25)31(26,27)28)13(24)19-8-4-2-3-5-17-8;/h2-6,10-11H,1H3,(H2,16,18)(H,20,23)(H,17,19,24)(H,26,27,28);/q;+1/p-1/t10-,11-;/m1./s1. The summed E-state index contributed by atoms with van der Waals surface area (Å²) < 4.78 is 34.2. The first-order chi connectivity index (χ1) is 14.6. The second-order valence-electron chi connectivity index (χ2n) is 5.89. The number of rotatable bonds is 7. The van der Waals surface area contributed by atoms with E-state index < -0.39 is 40.1 Å². The number of hydrogen-bond donors (Lipinski definition) is 3. The number of aromatic nitrogens is 2. The predicted octanol–water partition coefficient (Wildman–Crippen LogP) is -4.73. The molecule has 3 heterocycles. The van der Waals surface area contributed by atoms with Gasteiger partial charge in [0.25, 0.3) is 17.7 Å². The molecule has 1 aliphatic rings. The Hall–Kier alpha value is -1.99. The Kier molecular flexibility index (Phi) is 8.82. The van der Waals surface area contributed by atoms with E-state index in [1.54, 1.807) is 12.1 Å². The van der Waals surface area contributed by atoms with Gasteiger partial charge in [-0.05, 0) is 12.1 Å². The number of hydrogen-bond acceptors (Lipinski definition) is 12. The molecule has 0 bridgehead atoms. The van der Waals surface area contributed by atoms with Crippen LogP contribution in [0.5, 0.6) is 0 Å². The van der Waals surface area contributed by atoms with Crippen LogP contribution in [0, 0.1) is 0 Å². The summed E-state index contributed by atoms with van der Waals surface area (Å²) in [7, 11) is -4.17. The minimum atomic E-state index is -5.33. The van der Waals surface area contributed by atoms with Gasteiger partial charge in [0.15, 0.2) is 27.2 Å². The Morgan fingerprint density at radius 3 is 2.62 bits per heavy atom. The number of carbonyl (C=O) groups is 3. The van der Waals surface area contributed by atoms with Crippen molar-refractivity contribution in [2.24, 2.45) is 5.16 Å². The SMILES string of the molecule is CON=C(C(=O)N[C@H]1C(=O)N(S(=O)(=O)[O-])[C@H]1C(=O)Nc1ccccn1)c1csc(N)n1.[K+]. The van der Waals surface area contributed by atoms with E-state index in [1.807, 2.05) is 0 Å². The Morgan fingerprint density at radius 2 is 2.09 bits per heavy atom. The van der Waals surface area contributed by atoms with Gasteiger partial charge in [-0.15, -0.1) is 11.3 Å². The topological polar surface area (TPSA) is 209 Å². The molecule has 0 unspecified atom stereocenters. The number of carbonyl (C=O) groups excluding carboxylic acids is 3. The van der Waals surface area contributed by atoms with Crippen molar-refractivity contribution >= 4 is 56.0 Å². The van der Waals surface area contributed by atoms with Crippen LogP contribution in [0.2, 0.25) is 0 Å². The molecule has 1 aliphatic heterocycles. The molecule has 3 rings (SSSR count). The maximum atomic E-state index is 12.6. The van der Waals surface area contributed by atoms with Crippen molar-refractivity contribution in [2.75, 3.05) is 18.2 Å². The molecule has 4 N–H and O–H groups in total. The van der Waals surface area contributed by atoms with Crippen molar-refractivity contribution in [1.82, 2.24) is 19.6 Å². The number of thiazole rings is 1. The van der Waals surface area contributed by atoms with E-state index in [9.17, 15) is 27.4 Å². The number of nitrogens with zero attached hydrogens (tertiary/aromatic N) is 4. The summed E-state index contributed by atoms with van der Waals surface area (Å²) in [4.78, 5) is 49.8. The second kappa shape index (κ2) is 10.7. The van der Waals surface area contributed by atoms with Crippen molar-refractivity contribution in [3.63, 3.8) is 0 Å². The van der Waals surface area contributed by atoms with E-state index >= 15 is 0 Å². The van der Waals surface area contributed by atoms with E-state index in [2.05, 4.69) is 30.6 Å². The fourth-order valence-electron chi connectivity index (χ4n) is 2.65. The third-order valence-electron chi connectivity index (χ3n) is 3.93. The molecule has 2 aromatic heterocycles. The molecule has 0 aliphatic carbocycles. The maximum Gasteiger partial charge on any atom is 1.00 e. The van der Waals surface area contributed by atoms with Crippen LogP contribution in [0.4, 0.5) is 10.9 Å². The van der Waals surface area contributed by atoms with Crippen molar-refractivity contribution in [1.29, 1.82) is 0 Å². The fraction of sp³-hybridized carbons (Fsp3) is 0.200. The van der Waals surface area contributed by atoms with E-state index in [0.29, 0.717) is 0 Å². The summed E-state index contributed by atoms with van der Waals surface area (Å²) in [6, 6.07) is 1.01. The van der Waals surface area contributed by atoms with Crippen LogP contribution in [-0.2, 0) is 29.5 Å². The second-order valence-corrected chi connectivity index (χ2v) is 8.02. The van der Waals surface area contributed by atoms with Crippen LogP contribution < -0.4 is 67.8 Å². The van der Waals surface area contributed by atoms with Gasteiger partial charge in [-0.25, -0.2) is 22.7 Å². The quantitative estimate of drug-likeness (QED) is 0.107. The molecule has 3 amide bonds. The smallest absolute Gasteiger partial charge is 0.731 e. The monoisotopic (exact) mass is 507 g/mol. The summed E-state index contributed by atoms with van der Waals surface area (Å²) in [5, 5.41) is 9.51. The third kappa shape index (κ3) is 5.67. The van der Waals surface area contributed by atoms with E-state index in [0.717, 1.165) is 18.4 Å². The number of anilines is 2. The Labute approximate surface area is 227 Å². The van der Waals surface area contributed by atoms with Crippen LogP contribution >= 0.6 is 11.3 Å². The normalized spacial score (nSPS) is 18.2. The summed E-state index contributed by atoms with van der Waals surface area (Å²) in [5.74, 6) is -3.31. The fourth-order valence-corrected chi connectivity index (χ4v) is 4.03. The van der Waals surface area contributed by atoms with E-state index in [-0.39, 0.29) is 78.0 Å². The molecule has 164 valence electrons. The van der Waals surface area contributed by atoms with Crippen LogP contribution in [0.3, 0.4) is 0 Å². The zero-order valence-corrected chi connectivity index (χ0v) is 21.3. The average Bonchev–Trinajstić information content (AvgIpc) is 3.13. The molecule has 0 radical (unpaired) electrons. The number of pyridine rings is 1. The summed E-state index contributed by atoms with van der Waals surface area (Å²) in [6.07, 6.45) is 1.36.